The topological polar surface area (TPSA) is 44.7 Å². The molecular formula is C16H23BrN2O2. The van der Waals surface area contributed by atoms with Crippen LogP contribution in [0.3, 0.4) is 0 Å². The van der Waals surface area contributed by atoms with E-state index in [2.05, 4.69) is 26.1 Å². The molecule has 0 radical (unpaired) electrons. The van der Waals surface area contributed by atoms with Gasteiger partial charge < -0.3 is 15.2 Å². The van der Waals surface area contributed by atoms with Crippen molar-refractivity contribution in [2.75, 3.05) is 33.3 Å². The normalized spacial score (nSPS) is 21.2. The highest BCUT2D eigenvalue weighted by atomic mass is 79.9. The molecule has 4 nitrogen and oxygen atoms in total. The van der Waals surface area contributed by atoms with E-state index in [9.17, 15) is 5.11 Å². The monoisotopic (exact) mass is 354 g/mol. The van der Waals surface area contributed by atoms with Crippen molar-refractivity contribution in [1.82, 2.24) is 10.2 Å². The molecule has 0 unspecified atom stereocenters. The fourth-order valence-corrected chi connectivity index (χ4v) is 3.56. The first kappa shape index (κ1) is 15.1. The van der Waals surface area contributed by atoms with E-state index in [-0.39, 0.29) is 6.04 Å². The smallest absolute Gasteiger partial charge is 0.134 e. The molecule has 0 spiro atoms. The second-order valence-electron chi connectivity index (χ2n) is 6.03. The van der Waals surface area contributed by atoms with E-state index in [1.54, 1.807) is 7.11 Å². The summed E-state index contributed by atoms with van der Waals surface area (Å²) < 4.78 is 6.09. The second-order valence-corrected chi connectivity index (χ2v) is 6.88. The number of halogens is 1. The molecule has 0 aromatic heterocycles. The van der Waals surface area contributed by atoms with Crippen molar-refractivity contribution in [2.45, 2.75) is 25.3 Å². The fraction of sp³-hybridized carbons (Fsp3) is 0.625. The van der Waals surface area contributed by atoms with E-state index in [0.29, 0.717) is 10.2 Å². The summed E-state index contributed by atoms with van der Waals surface area (Å²) in [7, 11) is 1.67. The molecule has 2 aliphatic rings. The number of benzene rings is 1. The molecular weight excluding hydrogens is 332 g/mol. The van der Waals surface area contributed by atoms with Crippen molar-refractivity contribution in [1.29, 1.82) is 0 Å². The van der Waals surface area contributed by atoms with Crippen LogP contribution in [0.2, 0.25) is 0 Å². The van der Waals surface area contributed by atoms with Crippen molar-refractivity contribution in [3.05, 3.63) is 22.2 Å². The number of phenolic OH excluding ortho intramolecular Hbond substituents is 1. The third kappa shape index (κ3) is 3.52. The van der Waals surface area contributed by atoms with Gasteiger partial charge in [0.25, 0.3) is 0 Å². The molecule has 5 heteroatoms. The Labute approximate surface area is 134 Å². The summed E-state index contributed by atoms with van der Waals surface area (Å²) in [6.07, 6.45) is 3.79. The molecule has 0 bridgehead atoms. The van der Waals surface area contributed by atoms with Crippen molar-refractivity contribution in [3.8, 4) is 11.5 Å². The van der Waals surface area contributed by atoms with Crippen molar-refractivity contribution < 1.29 is 9.84 Å². The van der Waals surface area contributed by atoms with Gasteiger partial charge in [-0.15, -0.1) is 0 Å². The molecule has 116 valence electrons. The van der Waals surface area contributed by atoms with E-state index in [0.717, 1.165) is 49.8 Å². The summed E-state index contributed by atoms with van der Waals surface area (Å²) in [6, 6.07) is 4.10. The van der Waals surface area contributed by atoms with Crippen LogP contribution in [-0.4, -0.2) is 43.3 Å². The van der Waals surface area contributed by atoms with Gasteiger partial charge in [-0.3, -0.25) is 4.90 Å². The van der Waals surface area contributed by atoms with Crippen LogP contribution in [0.4, 0.5) is 0 Å². The van der Waals surface area contributed by atoms with Gasteiger partial charge in [-0.25, -0.2) is 0 Å². The van der Waals surface area contributed by atoms with Crippen molar-refractivity contribution in [2.24, 2.45) is 5.92 Å². The minimum atomic E-state index is 0.283. The predicted octanol–water partition coefficient (Wildman–Crippen LogP) is 2.91. The van der Waals surface area contributed by atoms with E-state index < -0.39 is 0 Å². The maximum atomic E-state index is 10.5. The Morgan fingerprint density at radius 2 is 2.10 bits per heavy atom. The number of nitrogens with one attached hydrogen (secondary N) is 1. The largest absolute Gasteiger partial charge is 0.506 e. The van der Waals surface area contributed by atoms with Gasteiger partial charge in [0.2, 0.25) is 0 Å². The lowest BCUT2D eigenvalue weighted by Gasteiger charge is -2.36. The zero-order chi connectivity index (χ0) is 14.8. The molecule has 21 heavy (non-hydrogen) atoms. The molecule has 2 fully saturated rings. The van der Waals surface area contributed by atoms with Crippen LogP contribution < -0.4 is 10.1 Å². The third-order valence-electron chi connectivity index (χ3n) is 4.51. The maximum Gasteiger partial charge on any atom is 0.134 e. The summed E-state index contributed by atoms with van der Waals surface area (Å²) in [6.45, 7) is 4.11. The summed E-state index contributed by atoms with van der Waals surface area (Å²) >= 11 is 3.45. The summed E-state index contributed by atoms with van der Waals surface area (Å²) in [4.78, 5) is 2.50. The molecule has 0 amide bonds. The van der Waals surface area contributed by atoms with Crippen LogP contribution in [0.5, 0.6) is 11.5 Å². The Hall–Kier alpha value is -0.780. The van der Waals surface area contributed by atoms with E-state index in [4.69, 9.17) is 4.74 Å². The minimum Gasteiger partial charge on any atom is -0.506 e. The van der Waals surface area contributed by atoms with Crippen molar-refractivity contribution in [3.63, 3.8) is 0 Å². The first-order valence-corrected chi connectivity index (χ1v) is 8.49. The fourth-order valence-electron chi connectivity index (χ4n) is 3.10. The maximum absolute atomic E-state index is 10.5. The highest BCUT2D eigenvalue weighted by Crippen LogP contribution is 2.45. The highest BCUT2D eigenvalue weighted by molar-refractivity contribution is 9.10. The molecule has 1 saturated carbocycles. The number of rotatable bonds is 5. The number of methoxy groups -OCH3 is 1. The number of phenols is 1. The Balaban J connectivity index is 1.92. The molecule has 1 aromatic carbocycles. The lowest BCUT2D eigenvalue weighted by molar-refractivity contribution is 0.157. The number of nitrogens with zero attached hydrogens (tertiary/aromatic N) is 1. The van der Waals surface area contributed by atoms with E-state index in [1.807, 2.05) is 12.1 Å². The number of aromatic hydroxyl groups is 1. The summed E-state index contributed by atoms with van der Waals surface area (Å²) in [5.74, 6) is 1.97. The standard InChI is InChI=1S/C16H23BrN2O2/c1-21-12-9-13(16(20)14(17)10-12)15(8-11-2-3-11)19-6-4-18-5-7-19/h9-11,15,18,20H,2-8H2,1H3/t15-/m0/s1. The van der Waals surface area contributed by atoms with E-state index >= 15 is 0 Å². The van der Waals surface area contributed by atoms with Crippen LogP contribution >= 0.6 is 15.9 Å². The number of hydrogen-bond acceptors (Lipinski definition) is 4. The Morgan fingerprint density at radius 3 is 2.71 bits per heavy atom. The number of hydrogen-bond donors (Lipinski definition) is 2. The molecule has 1 saturated heterocycles. The summed E-state index contributed by atoms with van der Waals surface area (Å²) in [5.41, 5.74) is 0.995. The molecule has 1 heterocycles. The van der Waals surface area contributed by atoms with Crippen molar-refractivity contribution >= 4 is 15.9 Å². The van der Waals surface area contributed by atoms with Gasteiger partial charge in [0.05, 0.1) is 11.6 Å². The number of piperazine rings is 1. The Morgan fingerprint density at radius 1 is 1.38 bits per heavy atom. The quantitative estimate of drug-likeness (QED) is 0.853. The average Bonchev–Trinajstić information content (AvgIpc) is 3.33. The van der Waals surface area contributed by atoms with Gasteiger partial charge in [-0.05, 0) is 40.4 Å². The van der Waals surface area contributed by atoms with Crippen LogP contribution in [0, 0.1) is 5.92 Å². The number of ether oxygens (including phenoxy) is 1. The van der Waals surface area contributed by atoms with Gasteiger partial charge in [0.1, 0.15) is 11.5 Å². The minimum absolute atomic E-state index is 0.283. The second kappa shape index (κ2) is 6.55. The van der Waals surface area contributed by atoms with Crippen LogP contribution in [0.25, 0.3) is 0 Å². The van der Waals surface area contributed by atoms with Gasteiger partial charge in [0.15, 0.2) is 0 Å². The van der Waals surface area contributed by atoms with Gasteiger partial charge in [0, 0.05) is 37.8 Å². The lowest BCUT2D eigenvalue weighted by Crippen LogP contribution is -2.45. The van der Waals surface area contributed by atoms with Gasteiger partial charge in [-0.1, -0.05) is 12.8 Å². The molecule has 2 N–H and O–H groups in total. The molecule has 1 atom stereocenters. The zero-order valence-electron chi connectivity index (χ0n) is 12.4. The molecule has 1 aromatic rings. The molecule has 3 rings (SSSR count). The highest BCUT2D eigenvalue weighted by Gasteiger charge is 2.32. The van der Waals surface area contributed by atoms with Crippen LogP contribution in [-0.2, 0) is 0 Å². The first-order chi connectivity index (χ1) is 10.2. The van der Waals surface area contributed by atoms with Crippen LogP contribution in [0.1, 0.15) is 30.9 Å². The first-order valence-electron chi connectivity index (χ1n) is 7.70. The molecule has 1 aliphatic carbocycles. The van der Waals surface area contributed by atoms with Gasteiger partial charge >= 0.3 is 0 Å². The SMILES string of the molecule is COc1cc(Br)c(O)c([C@H](CC2CC2)N2CCNCC2)c1. The zero-order valence-corrected chi connectivity index (χ0v) is 14.0. The molecule has 1 aliphatic heterocycles. The van der Waals surface area contributed by atoms with Gasteiger partial charge in [-0.2, -0.15) is 0 Å². The van der Waals surface area contributed by atoms with E-state index in [1.165, 1.54) is 12.8 Å². The Kier molecular flexibility index (Phi) is 4.72. The Bertz CT molecular complexity index is 499. The third-order valence-corrected chi connectivity index (χ3v) is 5.11. The van der Waals surface area contributed by atoms with Crippen LogP contribution in [0.15, 0.2) is 16.6 Å². The summed E-state index contributed by atoms with van der Waals surface area (Å²) in [5, 5.41) is 13.9. The average molecular weight is 355 g/mol. The lowest BCUT2D eigenvalue weighted by atomic mass is 9.97. The predicted molar refractivity (Wildman–Crippen MR) is 86.9 cm³/mol.